The summed E-state index contributed by atoms with van der Waals surface area (Å²) in [4.78, 5) is 26.5. The van der Waals surface area contributed by atoms with Crippen LogP contribution in [0.5, 0.6) is 0 Å². The van der Waals surface area contributed by atoms with Gasteiger partial charge in [0, 0.05) is 19.2 Å². The number of carbonyl (C=O) groups excluding carboxylic acids is 1. The molecule has 0 atom stereocenters. The average molecular weight is 235 g/mol. The summed E-state index contributed by atoms with van der Waals surface area (Å²) in [5.74, 6) is -0.175. The normalized spacial score (nSPS) is 17.4. The Balaban J connectivity index is 2.22. The molecule has 1 saturated heterocycles. The van der Waals surface area contributed by atoms with Gasteiger partial charge in [-0.15, -0.1) is 0 Å². The Morgan fingerprint density at radius 2 is 2.06 bits per heavy atom. The number of amidine groups is 1. The minimum atomic E-state index is -0.487. The lowest BCUT2D eigenvalue weighted by atomic mass is 10.3. The predicted molar refractivity (Wildman–Crippen MR) is 58.9 cm³/mol. The van der Waals surface area contributed by atoms with Crippen molar-refractivity contribution < 1.29 is 14.5 Å². The van der Waals surface area contributed by atoms with Crippen molar-refractivity contribution in [3.8, 4) is 0 Å². The number of nitro groups is 1. The highest BCUT2D eigenvalue weighted by Gasteiger charge is 2.25. The van der Waals surface area contributed by atoms with Crippen molar-refractivity contribution in [1.82, 2.24) is 4.90 Å². The Labute approximate surface area is 96.5 Å². The van der Waals surface area contributed by atoms with E-state index in [2.05, 4.69) is 4.99 Å². The Hall–Kier alpha value is -2.44. The molecule has 0 saturated carbocycles. The Morgan fingerprint density at radius 3 is 2.53 bits per heavy atom. The fourth-order valence-corrected chi connectivity index (χ4v) is 1.29. The number of nitro benzene ring substituents is 1. The van der Waals surface area contributed by atoms with Crippen molar-refractivity contribution in [2.75, 3.05) is 13.7 Å². The van der Waals surface area contributed by atoms with E-state index in [-0.39, 0.29) is 24.2 Å². The number of amides is 1. The van der Waals surface area contributed by atoms with Gasteiger partial charge in [-0.25, -0.2) is 0 Å². The van der Waals surface area contributed by atoms with Gasteiger partial charge in [0.1, 0.15) is 0 Å². The van der Waals surface area contributed by atoms with Crippen LogP contribution in [0.2, 0.25) is 0 Å². The van der Waals surface area contributed by atoms with Crippen molar-refractivity contribution in [3.63, 3.8) is 0 Å². The molecule has 0 aromatic heterocycles. The number of hydrogen-bond acceptors (Lipinski definition) is 5. The molecule has 1 aromatic rings. The van der Waals surface area contributed by atoms with Gasteiger partial charge in [0.15, 0.2) is 6.61 Å². The summed E-state index contributed by atoms with van der Waals surface area (Å²) in [6.07, 6.45) is 0. The number of aliphatic imine (C=N–C) groups is 1. The third kappa shape index (κ3) is 2.22. The van der Waals surface area contributed by atoms with Crippen LogP contribution in [0.1, 0.15) is 0 Å². The largest absolute Gasteiger partial charge is 0.454 e. The highest BCUT2D eigenvalue weighted by molar-refractivity contribution is 6.00. The number of nitrogens with zero attached hydrogens (tertiary/aromatic N) is 3. The first-order chi connectivity index (χ1) is 8.08. The number of rotatable bonds is 2. The van der Waals surface area contributed by atoms with Crippen LogP contribution in [0.3, 0.4) is 0 Å². The highest BCUT2D eigenvalue weighted by atomic mass is 16.6. The smallest absolute Gasteiger partial charge is 0.299 e. The summed E-state index contributed by atoms with van der Waals surface area (Å²) in [5.41, 5.74) is 0.484. The molecule has 7 nitrogen and oxygen atoms in total. The van der Waals surface area contributed by atoms with E-state index in [1.165, 1.54) is 29.2 Å². The molecule has 0 bridgehead atoms. The van der Waals surface area contributed by atoms with E-state index in [0.29, 0.717) is 5.69 Å². The lowest BCUT2D eigenvalue weighted by Crippen LogP contribution is -2.24. The summed E-state index contributed by atoms with van der Waals surface area (Å²) in [5, 5.41) is 10.4. The fraction of sp³-hybridized carbons (Fsp3) is 0.200. The number of ether oxygens (including phenoxy) is 1. The van der Waals surface area contributed by atoms with E-state index in [1.54, 1.807) is 7.05 Å². The first-order valence-electron chi connectivity index (χ1n) is 4.80. The molecule has 0 unspecified atom stereocenters. The first kappa shape index (κ1) is 11.1. The van der Waals surface area contributed by atoms with Crippen molar-refractivity contribution in [3.05, 3.63) is 34.4 Å². The minimum Gasteiger partial charge on any atom is -0.454 e. The molecule has 0 N–H and O–H groups in total. The second-order valence-corrected chi connectivity index (χ2v) is 3.41. The lowest BCUT2D eigenvalue weighted by molar-refractivity contribution is -0.384. The molecule has 1 heterocycles. The molecule has 0 aliphatic carbocycles. The molecular formula is C10H9N3O4. The molecule has 7 heteroatoms. The van der Waals surface area contributed by atoms with Crippen LogP contribution in [-0.4, -0.2) is 35.4 Å². The molecule has 17 heavy (non-hydrogen) atoms. The zero-order valence-corrected chi connectivity index (χ0v) is 8.99. The second-order valence-electron chi connectivity index (χ2n) is 3.41. The third-order valence-electron chi connectivity index (χ3n) is 2.27. The average Bonchev–Trinajstić information content (AvgIpc) is 2.62. The van der Waals surface area contributed by atoms with Gasteiger partial charge in [0.25, 0.3) is 17.6 Å². The van der Waals surface area contributed by atoms with Gasteiger partial charge in [-0.05, 0) is 12.1 Å². The van der Waals surface area contributed by atoms with Crippen LogP contribution >= 0.6 is 0 Å². The molecule has 0 spiro atoms. The predicted octanol–water partition coefficient (Wildman–Crippen LogP) is 1.07. The van der Waals surface area contributed by atoms with E-state index in [0.717, 1.165) is 0 Å². The molecule has 2 rings (SSSR count). The number of non-ortho nitro benzene ring substituents is 1. The van der Waals surface area contributed by atoms with Crippen LogP contribution in [0.15, 0.2) is 29.3 Å². The number of likely N-dealkylation sites (N-methyl/N-ethyl adjacent to an activating group) is 1. The summed E-state index contributed by atoms with van der Waals surface area (Å²) in [6, 6.07) is 5.87. The standard InChI is InChI=1S/C10H9N3O4/c1-12-9(14)6-17-10(12)11-7-2-4-8(5-3-7)13(15)16/h2-5H,6H2,1H3. The maximum absolute atomic E-state index is 11.1. The van der Waals surface area contributed by atoms with Gasteiger partial charge >= 0.3 is 0 Å². The van der Waals surface area contributed by atoms with E-state index in [9.17, 15) is 14.9 Å². The summed E-state index contributed by atoms with van der Waals surface area (Å²) < 4.78 is 5.05. The third-order valence-corrected chi connectivity index (χ3v) is 2.27. The van der Waals surface area contributed by atoms with E-state index >= 15 is 0 Å². The number of benzene rings is 1. The number of hydrogen-bond donors (Lipinski definition) is 0. The highest BCUT2D eigenvalue weighted by Crippen LogP contribution is 2.19. The van der Waals surface area contributed by atoms with Crippen LogP contribution in [0, 0.1) is 10.1 Å². The van der Waals surface area contributed by atoms with Crippen LogP contribution in [0.25, 0.3) is 0 Å². The summed E-state index contributed by atoms with van der Waals surface area (Å²) in [6.45, 7) is -0.0255. The Kier molecular flexibility index (Phi) is 2.73. The van der Waals surface area contributed by atoms with Crippen LogP contribution in [-0.2, 0) is 9.53 Å². The Bertz CT molecular complexity index is 495. The minimum absolute atomic E-state index is 0.00859. The van der Waals surface area contributed by atoms with Crippen molar-refractivity contribution in [2.45, 2.75) is 0 Å². The van der Waals surface area contributed by atoms with E-state index in [1.807, 2.05) is 0 Å². The number of carbonyl (C=O) groups is 1. The van der Waals surface area contributed by atoms with Crippen LogP contribution < -0.4 is 0 Å². The molecule has 88 valence electrons. The van der Waals surface area contributed by atoms with Crippen molar-refractivity contribution in [1.29, 1.82) is 0 Å². The van der Waals surface area contributed by atoms with Gasteiger partial charge in [0.05, 0.1) is 10.6 Å². The SMILES string of the molecule is CN1C(=O)COC1=Nc1ccc([N+](=O)[O-])cc1. The molecule has 1 aliphatic heterocycles. The van der Waals surface area contributed by atoms with Gasteiger partial charge in [0.2, 0.25) is 0 Å². The molecule has 0 radical (unpaired) electrons. The first-order valence-corrected chi connectivity index (χ1v) is 4.80. The zero-order valence-electron chi connectivity index (χ0n) is 8.99. The molecule has 1 amide bonds. The van der Waals surface area contributed by atoms with Crippen molar-refractivity contribution >= 4 is 23.3 Å². The monoisotopic (exact) mass is 235 g/mol. The van der Waals surface area contributed by atoms with Crippen LogP contribution in [0.4, 0.5) is 11.4 Å². The van der Waals surface area contributed by atoms with Gasteiger partial charge in [-0.1, -0.05) is 0 Å². The zero-order chi connectivity index (χ0) is 12.4. The maximum atomic E-state index is 11.1. The lowest BCUT2D eigenvalue weighted by Gasteiger charge is -2.05. The Morgan fingerprint density at radius 1 is 1.41 bits per heavy atom. The second kappa shape index (κ2) is 4.20. The summed E-state index contributed by atoms with van der Waals surface area (Å²) >= 11 is 0. The quantitative estimate of drug-likeness (QED) is 0.566. The maximum Gasteiger partial charge on any atom is 0.299 e. The molecule has 1 fully saturated rings. The molecule has 1 aliphatic rings. The van der Waals surface area contributed by atoms with Crippen molar-refractivity contribution in [2.24, 2.45) is 4.99 Å². The fourth-order valence-electron chi connectivity index (χ4n) is 1.29. The van der Waals surface area contributed by atoms with Gasteiger partial charge in [-0.3, -0.25) is 19.8 Å². The van der Waals surface area contributed by atoms with Gasteiger partial charge < -0.3 is 4.74 Å². The topological polar surface area (TPSA) is 85.0 Å². The molecule has 1 aromatic carbocycles. The van der Waals surface area contributed by atoms with E-state index in [4.69, 9.17) is 4.74 Å². The molecular weight excluding hydrogens is 226 g/mol. The van der Waals surface area contributed by atoms with E-state index < -0.39 is 4.92 Å². The van der Waals surface area contributed by atoms with Gasteiger partial charge in [-0.2, -0.15) is 4.99 Å². The summed E-state index contributed by atoms with van der Waals surface area (Å²) in [7, 11) is 1.56.